The summed E-state index contributed by atoms with van der Waals surface area (Å²) in [6, 6.07) is 8.09. The van der Waals surface area contributed by atoms with Crippen molar-refractivity contribution in [3.05, 3.63) is 46.5 Å². The molecule has 1 aromatic carbocycles. The Morgan fingerprint density at radius 3 is 2.81 bits per heavy atom. The largest absolute Gasteiger partial charge is 0.357 e. The number of benzene rings is 1. The number of rotatable bonds is 8. The Bertz CT molecular complexity index is 848. The Kier molecular flexibility index (Phi) is 10.6. The summed E-state index contributed by atoms with van der Waals surface area (Å²) >= 11 is 6.14. The van der Waals surface area contributed by atoms with E-state index in [0.29, 0.717) is 0 Å². The minimum Gasteiger partial charge on any atom is -0.357 e. The van der Waals surface area contributed by atoms with Crippen molar-refractivity contribution in [3.8, 4) is 0 Å². The van der Waals surface area contributed by atoms with Gasteiger partial charge >= 0.3 is 0 Å². The van der Waals surface area contributed by atoms with Crippen molar-refractivity contribution in [3.63, 3.8) is 0 Å². The van der Waals surface area contributed by atoms with Gasteiger partial charge in [-0.25, -0.2) is 0 Å². The lowest BCUT2D eigenvalue weighted by atomic mass is 9.86. The van der Waals surface area contributed by atoms with Gasteiger partial charge in [0.2, 0.25) is 0 Å². The van der Waals surface area contributed by atoms with Crippen molar-refractivity contribution >= 4 is 41.5 Å². The number of fused-ring (bicyclic) bond motifs is 1. The molecule has 0 aliphatic carbocycles. The van der Waals surface area contributed by atoms with Gasteiger partial charge in [-0.1, -0.05) is 44.0 Å². The standard InChI is InChI=1S/C23H35ClN6.HI/c1-4-25-22(27-17-23(2,3)16-18-9-8-10-19(24)15-18)26-13-12-21-29-28-20-11-6-5-7-14-30(20)21;/h8-10,15H,4-7,11-14,16-17H2,1-3H3,(H2,25,26,27);1H. The first-order chi connectivity index (χ1) is 14.5. The molecule has 0 radical (unpaired) electrons. The van der Waals surface area contributed by atoms with Gasteiger partial charge in [-0.05, 0) is 49.3 Å². The monoisotopic (exact) mass is 558 g/mol. The van der Waals surface area contributed by atoms with Gasteiger partial charge in [0.15, 0.2) is 5.96 Å². The van der Waals surface area contributed by atoms with E-state index >= 15 is 0 Å². The second-order valence-corrected chi connectivity index (χ2v) is 9.27. The topological polar surface area (TPSA) is 67.1 Å². The predicted octanol–water partition coefficient (Wildman–Crippen LogP) is 4.64. The van der Waals surface area contributed by atoms with Gasteiger partial charge in [0.25, 0.3) is 0 Å². The molecule has 8 heteroatoms. The average molecular weight is 559 g/mol. The second kappa shape index (κ2) is 12.6. The Balaban J connectivity index is 0.00000341. The lowest BCUT2D eigenvalue weighted by Crippen LogP contribution is -2.39. The summed E-state index contributed by atoms with van der Waals surface area (Å²) < 4.78 is 2.31. The van der Waals surface area contributed by atoms with Crippen molar-refractivity contribution in [1.29, 1.82) is 0 Å². The van der Waals surface area contributed by atoms with E-state index < -0.39 is 0 Å². The maximum absolute atomic E-state index is 6.14. The number of aryl methyl sites for hydroxylation is 1. The SMILES string of the molecule is CCNC(=NCC(C)(C)Cc1cccc(Cl)c1)NCCc1nnc2n1CCCCC2.I. The summed E-state index contributed by atoms with van der Waals surface area (Å²) in [7, 11) is 0. The van der Waals surface area contributed by atoms with Crippen molar-refractivity contribution < 1.29 is 0 Å². The fourth-order valence-electron chi connectivity index (χ4n) is 3.91. The van der Waals surface area contributed by atoms with Crippen LogP contribution in [0.25, 0.3) is 0 Å². The highest BCUT2D eigenvalue weighted by Gasteiger charge is 2.19. The van der Waals surface area contributed by atoms with Crippen molar-refractivity contribution in [2.45, 2.75) is 65.8 Å². The van der Waals surface area contributed by atoms with E-state index in [-0.39, 0.29) is 29.4 Å². The minimum absolute atomic E-state index is 0. The molecule has 1 aliphatic rings. The van der Waals surface area contributed by atoms with E-state index in [4.69, 9.17) is 16.6 Å². The lowest BCUT2D eigenvalue weighted by Gasteiger charge is -2.23. The fourth-order valence-corrected chi connectivity index (χ4v) is 4.13. The fraction of sp³-hybridized carbons (Fsp3) is 0.609. The molecule has 0 spiro atoms. The summed E-state index contributed by atoms with van der Waals surface area (Å²) in [6.45, 7) is 9.98. The highest BCUT2D eigenvalue weighted by Crippen LogP contribution is 2.24. The summed E-state index contributed by atoms with van der Waals surface area (Å²) in [5.74, 6) is 3.08. The summed E-state index contributed by atoms with van der Waals surface area (Å²) in [4.78, 5) is 4.84. The van der Waals surface area contributed by atoms with Crippen molar-refractivity contribution in [2.24, 2.45) is 10.4 Å². The normalized spacial score (nSPS) is 14.4. The molecule has 0 fully saturated rings. The first-order valence-electron chi connectivity index (χ1n) is 11.1. The summed E-state index contributed by atoms with van der Waals surface area (Å²) in [5, 5.41) is 16.4. The Morgan fingerprint density at radius 1 is 1.19 bits per heavy atom. The zero-order chi connectivity index (χ0) is 21.4. The first kappa shape index (κ1) is 25.9. The molecule has 0 saturated carbocycles. The molecule has 0 bridgehead atoms. The maximum atomic E-state index is 6.14. The molecule has 0 atom stereocenters. The van der Waals surface area contributed by atoms with Crippen LogP contribution >= 0.6 is 35.6 Å². The van der Waals surface area contributed by atoms with Gasteiger partial charge in [0.1, 0.15) is 11.6 Å². The number of guanidine groups is 1. The van der Waals surface area contributed by atoms with Gasteiger partial charge in [-0.3, -0.25) is 4.99 Å². The number of nitrogens with one attached hydrogen (secondary N) is 2. The molecule has 0 amide bonds. The molecule has 2 N–H and O–H groups in total. The van der Waals surface area contributed by atoms with Gasteiger partial charge in [0, 0.05) is 44.0 Å². The molecule has 2 aromatic rings. The molecule has 0 saturated heterocycles. The van der Waals surface area contributed by atoms with Gasteiger partial charge in [-0.15, -0.1) is 34.2 Å². The quantitative estimate of drug-likeness (QED) is 0.281. The third-order valence-corrected chi connectivity index (χ3v) is 5.64. The zero-order valence-corrected chi connectivity index (χ0v) is 22.0. The minimum atomic E-state index is 0. The van der Waals surface area contributed by atoms with Crippen LogP contribution in [-0.4, -0.2) is 40.4 Å². The molecule has 6 nitrogen and oxygen atoms in total. The third kappa shape index (κ3) is 8.25. The molecule has 2 heterocycles. The van der Waals surface area contributed by atoms with E-state index in [9.17, 15) is 0 Å². The highest BCUT2D eigenvalue weighted by molar-refractivity contribution is 14.0. The maximum Gasteiger partial charge on any atom is 0.191 e. The predicted molar refractivity (Wildman–Crippen MR) is 140 cm³/mol. The molecule has 1 aliphatic heterocycles. The Morgan fingerprint density at radius 2 is 2.03 bits per heavy atom. The number of hydrogen-bond donors (Lipinski definition) is 2. The van der Waals surface area contributed by atoms with Crippen LogP contribution in [-0.2, 0) is 25.8 Å². The molecular weight excluding hydrogens is 523 g/mol. The van der Waals surface area contributed by atoms with Crippen LogP contribution in [0.5, 0.6) is 0 Å². The van der Waals surface area contributed by atoms with Crippen molar-refractivity contribution in [2.75, 3.05) is 19.6 Å². The van der Waals surface area contributed by atoms with E-state index in [1.54, 1.807) is 0 Å². The second-order valence-electron chi connectivity index (χ2n) is 8.84. The van der Waals surface area contributed by atoms with Gasteiger partial charge in [0.05, 0.1) is 0 Å². The van der Waals surface area contributed by atoms with E-state index in [1.807, 2.05) is 18.2 Å². The van der Waals surface area contributed by atoms with Crippen LogP contribution in [0.4, 0.5) is 0 Å². The molecular formula is C23H36ClIN6. The molecule has 31 heavy (non-hydrogen) atoms. The number of hydrogen-bond acceptors (Lipinski definition) is 3. The van der Waals surface area contributed by atoms with Crippen LogP contribution in [0.15, 0.2) is 29.3 Å². The van der Waals surface area contributed by atoms with Crippen LogP contribution in [0, 0.1) is 5.41 Å². The van der Waals surface area contributed by atoms with E-state index in [2.05, 4.69) is 52.2 Å². The van der Waals surface area contributed by atoms with Crippen LogP contribution in [0.2, 0.25) is 5.02 Å². The van der Waals surface area contributed by atoms with Crippen LogP contribution < -0.4 is 10.6 Å². The van der Waals surface area contributed by atoms with Crippen LogP contribution in [0.1, 0.15) is 57.2 Å². The Labute approximate surface area is 208 Å². The Hall–Kier alpha value is -1.35. The molecule has 172 valence electrons. The summed E-state index contributed by atoms with van der Waals surface area (Å²) in [6.07, 6.45) is 6.55. The number of aliphatic imine (C=N–C) groups is 1. The smallest absolute Gasteiger partial charge is 0.191 e. The lowest BCUT2D eigenvalue weighted by molar-refractivity contribution is 0.377. The highest BCUT2D eigenvalue weighted by atomic mass is 127. The molecule has 0 unspecified atom stereocenters. The molecule has 1 aromatic heterocycles. The van der Waals surface area contributed by atoms with E-state index in [1.165, 1.54) is 24.8 Å². The number of halogens is 2. The van der Waals surface area contributed by atoms with E-state index in [0.717, 1.165) is 68.1 Å². The number of aromatic nitrogens is 3. The first-order valence-corrected chi connectivity index (χ1v) is 11.5. The van der Waals surface area contributed by atoms with Gasteiger partial charge < -0.3 is 15.2 Å². The summed E-state index contributed by atoms with van der Waals surface area (Å²) in [5.41, 5.74) is 1.28. The average Bonchev–Trinajstić information content (AvgIpc) is 2.92. The van der Waals surface area contributed by atoms with Crippen molar-refractivity contribution in [1.82, 2.24) is 25.4 Å². The molecule has 3 rings (SSSR count). The van der Waals surface area contributed by atoms with Crippen LogP contribution in [0.3, 0.4) is 0 Å². The third-order valence-electron chi connectivity index (χ3n) is 5.41. The zero-order valence-electron chi connectivity index (χ0n) is 19.0. The number of nitrogens with zero attached hydrogens (tertiary/aromatic N) is 4. The van der Waals surface area contributed by atoms with Gasteiger partial charge in [-0.2, -0.15) is 0 Å².